The summed E-state index contributed by atoms with van der Waals surface area (Å²) in [6.45, 7) is 3.55. The third-order valence-electron chi connectivity index (χ3n) is 3.23. The molecule has 0 heterocycles. The smallest absolute Gasteiger partial charge is 0.269 e. The molecule has 0 bridgehead atoms. The van der Waals surface area contributed by atoms with E-state index >= 15 is 0 Å². The number of nitro benzene ring substituents is 1. The van der Waals surface area contributed by atoms with Gasteiger partial charge in [0, 0.05) is 18.7 Å². The molecule has 0 aromatic heterocycles. The minimum absolute atomic E-state index is 0.0696. The summed E-state index contributed by atoms with van der Waals surface area (Å²) in [7, 11) is 1.89. The van der Waals surface area contributed by atoms with Gasteiger partial charge in [-0.1, -0.05) is 6.07 Å². The third kappa shape index (κ3) is 4.69. The van der Waals surface area contributed by atoms with E-state index in [4.69, 9.17) is 9.47 Å². The molecule has 2 aromatic rings. The van der Waals surface area contributed by atoms with Crippen LogP contribution in [-0.4, -0.2) is 18.6 Å². The number of nitrogens with zero attached hydrogens (tertiary/aromatic N) is 1. The molecule has 6 nitrogen and oxygen atoms in total. The van der Waals surface area contributed by atoms with Crippen molar-refractivity contribution in [3.63, 3.8) is 0 Å². The minimum atomic E-state index is -0.418. The molecule has 2 rings (SSSR count). The highest BCUT2D eigenvalue weighted by atomic mass is 16.6. The van der Waals surface area contributed by atoms with Crippen LogP contribution in [0.25, 0.3) is 0 Å². The van der Waals surface area contributed by atoms with E-state index in [2.05, 4.69) is 5.32 Å². The van der Waals surface area contributed by atoms with Gasteiger partial charge in [-0.25, -0.2) is 0 Å². The zero-order valence-corrected chi connectivity index (χ0v) is 13.2. The maximum Gasteiger partial charge on any atom is 0.269 e. The van der Waals surface area contributed by atoms with E-state index in [1.165, 1.54) is 12.1 Å². The molecule has 0 spiro atoms. The molecule has 0 aliphatic carbocycles. The fourth-order valence-electron chi connectivity index (χ4n) is 2.13. The molecule has 0 saturated heterocycles. The van der Waals surface area contributed by atoms with Crippen LogP contribution in [0.2, 0.25) is 0 Å². The predicted molar refractivity (Wildman–Crippen MR) is 87.8 cm³/mol. The lowest BCUT2D eigenvalue weighted by molar-refractivity contribution is -0.384. The zero-order valence-electron chi connectivity index (χ0n) is 13.2. The van der Waals surface area contributed by atoms with Crippen molar-refractivity contribution in [1.82, 2.24) is 5.32 Å². The normalized spacial score (nSPS) is 10.3. The van der Waals surface area contributed by atoms with Crippen LogP contribution in [-0.2, 0) is 13.2 Å². The molecule has 23 heavy (non-hydrogen) atoms. The maximum atomic E-state index is 10.6. The fourth-order valence-corrected chi connectivity index (χ4v) is 2.13. The predicted octanol–water partition coefficient (Wildman–Crippen LogP) is 3.29. The van der Waals surface area contributed by atoms with Gasteiger partial charge in [-0.3, -0.25) is 10.1 Å². The lowest BCUT2D eigenvalue weighted by Gasteiger charge is -2.13. The Balaban J connectivity index is 2.08. The first kappa shape index (κ1) is 16.8. The second kappa shape index (κ2) is 8.14. The van der Waals surface area contributed by atoms with Crippen molar-refractivity contribution in [3.8, 4) is 11.5 Å². The molecule has 0 unspecified atom stereocenters. The van der Waals surface area contributed by atoms with E-state index in [9.17, 15) is 10.1 Å². The highest BCUT2D eigenvalue weighted by molar-refractivity contribution is 5.43. The summed E-state index contributed by atoms with van der Waals surface area (Å²) in [5.74, 6) is 1.35. The van der Waals surface area contributed by atoms with Crippen molar-refractivity contribution in [3.05, 3.63) is 63.7 Å². The summed E-state index contributed by atoms with van der Waals surface area (Å²) in [5.41, 5.74) is 2.04. The Kier molecular flexibility index (Phi) is 5.94. The Labute approximate surface area is 135 Å². The van der Waals surface area contributed by atoms with Crippen molar-refractivity contribution in [2.24, 2.45) is 0 Å². The van der Waals surface area contributed by atoms with Gasteiger partial charge in [0.1, 0.15) is 6.61 Å². The van der Waals surface area contributed by atoms with Gasteiger partial charge < -0.3 is 14.8 Å². The summed E-state index contributed by atoms with van der Waals surface area (Å²) in [6, 6.07) is 12.1. The maximum absolute atomic E-state index is 10.6. The Morgan fingerprint density at radius 3 is 2.35 bits per heavy atom. The number of hydrogen-bond acceptors (Lipinski definition) is 5. The average molecular weight is 316 g/mol. The number of nitrogens with one attached hydrogen (secondary N) is 1. The van der Waals surface area contributed by atoms with Gasteiger partial charge >= 0.3 is 0 Å². The Bertz CT molecular complexity index is 656. The van der Waals surface area contributed by atoms with Crippen LogP contribution < -0.4 is 14.8 Å². The monoisotopic (exact) mass is 316 g/mol. The first-order valence-corrected chi connectivity index (χ1v) is 7.40. The number of nitro groups is 1. The molecule has 2 aromatic carbocycles. The lowest BCUT2D eigenvalue weighted by Crippen LogP contribution is -2.06. The molecule has 0 atom stereocenters. The first-order valence-electron chi connectivity index (χ1n) is 7.40. The van der Waals surface area contributed by atoms with Crippen LogP contribution in [0, 0.1) is 10.1 Å². The van der Waals surface area contributed by atoms with E-state index < -0.39 is 4.92 Å². The summed E-state index contributed by atoms with van der Waals surface area (Å²) < 4.78 is 11.4. The standard InChI is InChI=1S/C17H20N2O4/c1-3-22-17-10-14(11-18-2)6-9-16(17)23-12-13-4-7-15(8-5-13)19(20)21/h4-10,18H,3,11-12H2,1-2H3. The summed E-state index contributed by atoms with van der Waals surface area (Å²) in [6.07, 6.45) is 0. The second-order valence-electron chi connectivity index (χ2n) is 4.96. The van der Waals surface area contributed by atoms with E-state index in [0.717, 1.165) is 17.7 Å². The second-order valence-corrected chi connectivity index (χ2v) is 4.96. The highest BCUT2D eigenvalue weighted by Gasteiger charge is 2.08. The number of benzene rings is 2. The van der Waals surface area contributed by atoms with Crippen molar-refractivity contribution in [2.45, 2.75) is 20.1 Å². The molecule has 6 heteroatoms. The number of rotatable bonds is 8. The Morgan fingerprint density at radius 2 is 1.74 bits per heavy atom. The molecule has 0 fully saturated rings. The van der Waals surface area contributed by atoms with E-state index in [-0.39, 0.29) is 5.69 Å². The fraction of sp³-hybridized carbons (Fsp3) is 0.294. The van der Waals surface area contributed by atoms with Crippen molar-refractivity contribution in [2.75, 3.05) is 13.7 Å². The van der Waals surface area contributed by atoms with Crippen LogP contribution in [0.1, 0.15) is 18.1 Å². The van der Waals surface area contributed by atoms with Crippen LogP contribution in [0.4, 0.5) is 5.69 Å². The Hall–Kier alpha value is -2.60. The van der Waals surface area contributed by atoms with Crippen LogP contribution >= 0.6 is 0 Å². The molecule has 0 amide bonds. The van der Waals surface area contributed by atoms with Gasteiger partial charge in [0.15, 0.2) is 11.5 Å². The minimum Gasteiger partial charge on any atom is -0.490 e. The van der Waals surface area contributed by atoms with Gasteiger partial charge in [-0.15, -0.1) is 0 Å². The summed E-state index contributed by atoms with van der Waals surface area (Å²) >= 11 is 0. The van der Waals surface area contributed by atoms with Gasteiger partial charge in [0.25, 0.3) is 5.69 Å². The summed E-state index contributed by atoms with van der Waals surface area (Å²) in [4.78, 5) is 10.2. The summed E-state index contributed by atoms with van der Waals surface area (Å²) in [5, 5.41) is 13.7. The lowest BCUT2D eigenvalue weighted by atomic mass is 10.2. The van der Waals surface area contributed by atoms with E-state index in [1.807, 2.05) is 32.2 Å². The van der Waals surface area contributed by atoms with Crippen LogP contribution in [0.15, 0.2) is 42.5 Å². The molecular formula is C17H20N2O4. The van der Waals surface area contributed by atoms with Gasteiger partial charge in [0.05, 0.1) is 11.5 Å². The number of hydrogen-bond donors (Lipinski definition) is 1. The van der Waals surface area contributed by atoms with E-state index in [0.29, 0.717) is 24.7 Å². The van der Waals surface area contributed by atoms with Crippen LogP contribution in [0.3, 0.4) is 0 Å². The van der Waals surface area contributed by atoms with Gasteiger partial charge in [0.2, 0.25) is 0 Å². The van der Waals surface area contributed by atoms with Crippen LogP contribution in [0.5, 0.6) is 11.5 Å². The Morgan fingerprint density at radius 1 is 1.04 bits per heavy atom. The van der Waals surface area contributed by atoms with E-state index in [1.54, 1.807) is 12.1 Å². The molecule has 0 aliphatic heterocycles. The largest absolute Gasteiger partial charge is 0.490 e. The molecule has 0 saturated carbocycles. The quantitative estimate of drug-likeness (QED) is 0.597. The molecule has 0 radical (unpaired) electrons. The van der Waals surface area contributed by atoms with Crippen molar-refractivity contribution < 1.29 is 14.4 Å². The van der Waals surface area contributed by atoms with Gasteiger partial charge in [-0.05, 0) is 49.4 Å². The van der Waals surface area contributed by atoms with Crippen molar-refractivity contribution >= 4 is 5.69 Å². The highest BCUT2D eigenvalue weighted by Crippen LogP contribution is 2.29. The molecule has 122 valence electrons. The SMILES string of the molecule is CCOc1cc(CNC)ccc1OCc1ccc([N+](=O)[O-])cc1. The number of ether oxygens (including phenoxy) is 2. The third-order valence-corrected chi connectivity index (χ3v) is 3.23. The molecule has 0 aliphatic rings. The molecule has 1 N–H and O–H groups in total. The molecular weight excluding hydrogens is 296 g/mol. The topological polar surface area (TPSA) is 73.6 Å². The average Bonchev–Trinajstić information content (AvgIpc) is 2.55. The number of non-ortho nitro benzene ring substituents is 1. The van der Waals surface area contributed by atoms with Crippen molar-refractivity contribution in [1.29, 1.82) is 0 Å². The van der Waals surface area contributed by atoms with Gasteiger partial charge in [-0.2, -0.15) is 0 Å². The first-order chi connectivity index (χ1) is 11.1. The zero-order chi connectivity index (χ0) is 16.7.